The van der Waals surface area contributed by atoms with Crippen LogP contribution >= 0.6 is 0 Å². The molecule has 3 rings (SSSR count). The van der Waals surface area contributed by atoms with E-state index in [4.69, 9.17) is 4.74 Å². The zero-order valence-corrected chi connectivity index (χ0v) is 15.7. The smallest absolute Gasteiger partial charge is 0.326 e. The Morgan fingerprint density at radius 2 is 2.20 bits per heavy atom. The van der Waals surface area contributed by atoms with Crippen LogP contribution in [0.2, 0.25) is 0 Å². The molecule has 2 heterocycles. The quantitative estimate of drug-likeness (QED) is 0.770. The topological polar surface area (TPSA) is 57.0 Å². The molecule has 1 unspecified atom stereocenters. The number of esters is 1. The summed E-state index contributed by atoms with van der Waals surface area (Å²) in [7, 11) is 0. The van der Waals surface area contributed by atoms with Crippen LogP contribution in [0.25, 0.3) is 11.2 Å². The summed E-state index contributed by atoms with van der Waals surface area (Å²) >= 11 is 0. The van der Waals surface area contributed by atoms with Crippen molar-refractivity contribution in [3.05, 3.63) is 24.2 Å². The molecular weight excluding hydrogens is 314 g/mol. The number of nitrogens with zero attached hydrogens (tertiary/aromatic N) is 3. The molecule has 2 aromatic rings. The van der Waals surface area contributed by atoms with Crippen LogP contribution in [-0.2, 0) is 22.5 Å². The Kier molecular flexibility index (Phi) is 5.40. The summed E-state index contributed by atoms with van der Waals surface area (Å²) in [5.74, 6) is 2.32. The molecule has 25 heavy (non-hydrogen) atoms. The highest BCUT2D eigenvalue weighted by Crippen LogP contribution is 2.35. The Hall–Kier alpha value is -1.91. The van der Waals surface area contributed by atoms with E-state index < -0.39 is 0 Å². The van der Waals surface area contributed by atoms with Gasteiger partial charge in [-0.25, -0.2) is 9.97 Å². The van der Waals surface area contributed by atoms with Crippen molar-refractivity contribution in [2.45, 2.75) is 66.0 Å². The van der Waals surface area contributed by atoms with E-state index in [9.17, 15) is 4.79 Å². The summed E-state index contributed by atoms with van der Waals surface area (Å²) in [5.41, 5.74) is 1.59. The maximum Gasteiger partial charge on any atom is 0.326 e. The van der Waals surface area contributed by atoms with E-state index >= 15 is 0 Å². The molecule has 0 N–H and O–H groups in total. The largest absolute Gasteiger partial charge is 0.461 e. The molecule has 5 nitrogen and oxygen atoms in total. The average molecular weight is 343 g/mol. The number of rotatable bonds is 5. The monoisotopic (exact) mass is 343 g/mol. The summed E-state index contributed by atoms with van der Waals surface area (Å²) < 4.78 is 7.84. The number of fused-ring (bicyclic) bond motifs is 1. The third-order valence-corrected chi connectivity index (χ3v) is 5.43. The summed E-state index contributed by atoms with van der Waals surface area (Å²) in [5, 5.41) is 0. The van der Waals surface area contributed by atoms with Gasteiger partial charge in [-0.15, -0.1) is 0 Å². The molecule has 0 spiro atoms. The predicted molar refractivity (Wildman–Crippen MR) is 98.1 cm³/mol. The van der Waals surface area contributed by atoms with Crippen LogP contribution in [0.15, 0.2) is 18.3 Å². The summed E-state index contributed by atoms with van der Waals surface area (Å²) in [4.78, 5) is 21.6. The predicted octanol–water partition coefficient (Wildman–Crippen LogP) is 4.00. The molecule has 0 bridgehead atoms. The number of ether oxygens (including phenoxy) is 1. The minimum Gasteiger partial charge on any atom is -0.461 e. The lowest BCUT2D eigenvalue weighted by Gasteiger charge is -2.36. The van der Waals surface area contributed by atoms with Crippen LogP contribution < -0.4 is 0 Å². The van der Waals surface area contributed by atoms with E-state index in [1.165, 1.54) is 6.42 Å². The number of hydrogen-bond acceptors (Lipinski definition) is 4. The lowest BCUT2D eigenvalue weighted by atomic mass is 9.75. The second-order valence-corrected chi connectivity index (χ2v) is 7.67. The molecule has 0 radical (unpaired) electrons. The van der Waals surface area contributed by atoms with Gasteiger partial charge in [-0.05, 0) is 42.7 Å². The normalized spacial score (nSPS) is 24.0. The zero-order valence-electron chi connectivity index (χ0n) is 15.7. The maximum absolute atomic E-state index is 12.7. The number of pyridine rings is 1. The Morgan fingerprint density at radius 1 is 1.40 bits per heavy atom. The molecular formula is C20H29N3O2. The van der Waals surface area contributed by atoms with Crippen molar-refractivity contribution in [1.29, 1.82) is 0 Å². The molecule has 136 valence electrons. The number of aromatic nitrogens is 3. The van der Waals surface area contributed by atoms with Crippen LogP contribution in [0, 0.1) is 17.8 Å². The molecule has 0 aliphatic heterocycles. The fraction of sp³-hybridized carbons (Fsp3) is 0.650. The average Bonchev–Trinajstić information content (AvgIpc) is 2.92. The van der Waals surface area contributed by atoms with E-state index in [1.807, 2.05) is 23.6 Å². The van der Waals surface area contributed by atoms with Gasteiger partial charge in [0.2, 0.25) is 0 Å². The van der Waals surface area contributed by atoms with Gasteiger partial charge in [0.05, 0.1) is 0 Å². The summed E-state index contributed by atoms with van der Waals surface area (Å²) in [6.45, 7) is 8.93. The zero-order chi connectivity index (χ0) is 18.0. The van der Waals surface area contributed by atoms with Gasteiger partial charge in [-0.3, -0.25) is 4.79 Å². The molecule has 3 atom stereocenters. The Bertz CT molecular complexity index is 738. The van der Waals surface area contributed by atoms with Gasteiger partial charge in [0.25, 0.3) is 0 Å². The molecule has 0 aromatic carbocycles. The van der Waals surface area contributed by atoms with Gasteiger partial charge in [0.15, 0.2) is 5.65 Å². The number of hydrogen-bond donors (Lipinski definition) is 0. The highest BCUT2D eigenvalue weighted by Gasteiger charge is 2.33. The third kappa shape index (κ3) is 3.86. The van der Waals surface area contributed by atoms with Crippen molar-refractivity contribution in [2.24, 2.45) is 17.8 Å². The highest BCUT2D eigenvalue weighted by molar-refractivity contribution is 5.75. The van der Waals surface area contributed by atoms with Crippen LogP contribution in [0.1, 0.15) is 52.8 Å². The van der Waals surface area contributed by atoms with Crippen molar-refractivity contribution >= 4 is 17.1 Å². The Balaban J connectivity index is 1.76. The van der Waals surface area contributed by atoms with Crippen LogP contribution in [0.4, 0.5) is 0 Å². The highest BCUT2D eigenvalue weighted by atomic mass is 16.5. The van der Waals surface area contributed by atoms with E-state index in [-0.39, 0.29) is 18.6 Å². The van der Waals surface area contributed by atoms with E-state index in [2.05, 4.69) is 30.7 Å². The van der Waals surface area contributed by atoms with Crippen molar-refractivity contribution < 1.29 is 9.53 Å². The fourth-order valence-corrected chi connectivity index (χ4v) is 4.03. The summed E-state index contributed by atoms with van der Waals surface area (Å²) in [6.07, 6.45) is 5.88. The van der Waals surface area contributed by atoms with Gasteiger partial charge >= 0.3 is 5.97 Å². The summed E-state index contributed by atoms with van der Waals surface area (Å²) in [6, 6.07) is 3.80. The molecule has 1 aliphatic rings. The molecule has 2 aromatic heterocycles. The minimum absolute atomic E-state index is 0.0315. The SMILES string of the molecule is CCc1nc2cccnc2n1CC(=O)O[C@@H]1C[C@H](C)CCC1C(C)C. The first-order valence-corrected chi connectivity index (χ1v) is 9.49. The van der Waals surface area contributed by atoms with Gasteiger partial charge in [-0.1, -0.05) is 34.1 Å². The molecule has 5 heteroatoms. The van der Waals surface area contributed by atoms with E-state index in [0.717, 1.165) is 36.3 Å². The Morgan fingerprint density at radius 3 is 2.92 bits per heavy atom. The van der Waals surface area contributed by atoms with Crippen molar-refractivity contribution in [3.63, 3.8) is 0 Å². The number of carbonyl (C=O) groups is 1. The molecule has 1 aliphatic carbocycles. The van der Waals surface area contributed by atoms with Gasteiger partial charge in [0, 0.05) is 12.6 Å². The van der Waals surface area contributed by atoms with Gasteiger partial charge in [-0.2, -0.15) is 0 Å². The lowest BCUT2D eigenvalue weighted by Crippen LogP contribution is -2.36. The standard InChI is InChI=1S/C20H29N3O2/c1-5-18-22-16-7-6-10-21-20(16)23(18)12-19(24)25-17-11-14(4)8-9-15(17)13(2)3/h6-7,10,13-15,17H,5,8-9,11-12H2,1-4H3/t14-,15?,17-/m1/s1. The first kappa shape index (κ1) is 17.9. The fourth-order valence-electron chi connectivity index (χ4n) is 4.03. The number of carbonyl (C=O) groups excluding carboxylic acids is 1. The molecule has 1 saturated carbocycles. The van der Waals surface area contributed by atoms with Gasteiger partial charge < -0.3 is 9.30 Å². The van der Waals surface area contributed by atoms with Gasteiger partial charge in [0.1, 0.15) is 24.0 Å². The first-order valence-electron chi connectivity index (χ1n) is 9.49. The van der Waals surface area contributed by atoms with E-state index in [0.29, 0.717) is 17.8 Å². The lowest BCUT2D eigenvalue weighted by molar-refractivity contribution is -0.156. The number of aryl methyl sites for hydroxylation is 1. The molecule has 0 saturated heterocycles. The number of imidazole rings is 1. The second-order valence-electron chi connectivity index (χ2n) is 7.67. The van der Waals surface area contributed by atoms with Crippen LogP contribution in [0.5, 0.6) is 0 Å². The second kappa shape index (κ2) is 7.54. The van der Waals surface area contributed by atoms with Crippen LogP contribution in [-0.4, -0.2) is 26.6 Å². The Labute approximate surface area is 149 Å². The maximum atomic E-state index is 12.7. The van der Waals surface area contributed by atoms with E-state index in [1.54, 1.807) is 6.20 Å². The van der Waals surface area contributed by atoms with Crippen molar-refractivity contribution in [1.82, 2.24) is 14.5 Å². The van der Waals surface area contributed by atoms with Crippen molar-refractivity contribution in [3.8, 4) is 0 Å². The van der Waals surface area contributed by atoms with Crippen molar-refractivity contribution in [2.75, 3.05) is 0 Å². The molecule has 0 amide bonds. The molecule has 1 fully saturated rings. The third-order valence-electron chi connectivity index (χ3n) is 5.43. The first-order chi connectivity index (χ1) is 12.0. The minimum atomic E-state index is -0.176. The van der Waals surface area contributed by atoms with Crippen LogP contribution in [0.3, 0.4) is 0 Å².